The van der Waals surface area contributed by atoms with Gasteiger partial charge in [-0.05, 0) is 70.4 Å². The molecule has 0 spiro atoms. The van der Waals surface area contributed by atoms with Crippen LogP contribution in [0.2, 0.25) is 0 Å². The van der Waals surface area contributed by atoms with E-state index in [2.05, 4.69) is 151 Å². The van der Waals surface area contributed by atoms with Crippen molar-refractivity contribution in [2.75, 3.05) is 0 Å². The van der Waals surface area contributed by atoms with E-state index < -0.39 is 0 Å². The van der Waals surface area contributed by atoms with Crippen LogP contribution in [0.25, 0.3) is 82.2 Å². The van der Waals surface area contributed by atoms with E-state index in [4.69, 9.17) is 4.42 Å². The number of furan rings is 1. The van der Waals surface area contributed by atoms with Crippen LogP contribution in [0.4, 0.5) is 0 Å². The molecule has 6 aromatic carbocycles. The molecule has 3 heterocycles. The Morgan fingerprint density at radius 2 is 1.24 bits per heavy atom. The van der Waals surface area contributed by atoms with E-state index in [1.807, 2.05) is 0 Å². The molecule has 0 saturated carbocycles. The van der Waals surface area contributed by atoms with Crippen molar-refractivity contribution in [3.63, 3.8) is 0 Å². The van der Waals surface area contributed by atoms with Gasteiger partial charge in [0.2, 0.25) is 0 Å². The molecule has 0 aliphatic carbocycles. The van der Waals surface area contributed by atoms with Crippen LogP contribution in [0.15, 0.2) is 132 Å². The SMILES string of the molecule is Cc1ccc2c(oc3c(-c4cc5ccccc5c5ccccc45)cccc32)c1-n1c2ccccc2c2ccc[n+](C)c21. The molecule has 0 fully saturated rings. The van der Waals surface area contributed by atoms with Crippen molar-refractivity contribution in [3.8, 4) is 16.8 Å². The first-order valence-electron chi connectivity index (χ1n) is 14.4. The summed E-state index contributed by atoms with van der Waals surface area (Å²) in [6.45, 7) is 2.18. The Morgan fingerprint density at radius 3 is 2.12 bits per heavy atom. The molecule has 42 heavy (non-hydrogen) atoms. The van der Waals surface area contributed by atoms with Gasteiger partial charge in [-0.3, -0.25) is 0 Å². The summed E-state index contributed by atoms with van der Waals surface area (Å²) in [6.07, 6.45) is 2.12. The molecule has 0 aliphatic heterocycles. The van der Waals surface area contributed by atoms with Gasteiger partial charge in [-0.1, -0.05) is 84.9 Å². The monoisotopic (exact) mass is 539 g/mol. The molecule has 0 bridgehead atoms. The minimum absolute atomic E-state index is 0.911. The van der Waals surface area contributed by atoms with Crippen LogP contribution in [0, 0.1) is 6.92 Å². The van der Waals surface area contributed by atoms with Gasteiger partial charge < -0.3 is 4.42 Å². The van der Waals surface area contributed by atoms with Gasteiger partial charge in [0.15, 0.2) is 11.3 Å². The van der Waals surface area contributed by atoms with Gasteiger partial charge >= 0.3 is 0 Å². The second-order valence-corrected chi connectivity index (χ2v) is 11.3. The molecule has 0 aliphatic rings. The lowest BCUT2D eigenvalue weighted by Gasteiger charge is -2.11. The Balaban J connectivity index is 1.42. The number of nitrogens with zero attached hydrogens (tertiary/aromatic N) is 2. The molecular weight excluding hydrogens is 512 g/mol. The summed E-state index contributed by atoms with van der Waals surface area (Å²) in [5, 5.41) is 9.71. The Morgan fingerprint density at radius 1 is 0.548 bits per heavy atom. The number of hydrogen-bond donors (Lipinski definition) is 0. The van der Waals surface area contributed by atoms with Gasteiger partial charge in [-0.25, -0.2) is 4.57 Å². The molecule has 0 amide bonds. The van der Waals surface area contributed by atoms with Crippen molar-refractivity contribution in [2.24, 2.45) is 7.05 Å². The lowest BCUT2D eigenvalue weighted by Crippen LogP contribution is -2.30. The zero-order valence-electron chi connectivity index (χ0n) is 23.4. The normalized spacial score (nSPS) is 12.0. The highest BCUT2D eigenvalue weighted by atomic mass is 16.3. The quantitative estimate of drug-likeness (QED) is 0.158. The number of aromatic nitrogens is 2. The Kier molecular flexibility index (Phi) is 4.74. The molecule has 0 unspecified atom stereocenters. The van der Waals surface area contributed by atoms with Crippen molar-refractivity contribution in [1.82, 2.24) is 4.57 Å². The largest absolute Gasteiger partial charge is 0.451 e. The second kappa shape index (κ2) is 8.55. The summed E-state index contributed by atoms with van der Waals surface area (Å²) in [5.74, 6) is 0. The zero-order valence-corrected chi connectivity index (χ0v) is 23.4. The predicted molar refractivity (Wildman–Crippen MR) is 174 cm³/mol. The number of aryl methyl sites for hydroxylation is 2. The van der Waals surface area contributed by atoms with Gasteiger partial charge in [0.1, 0.15) is 11.1 Å². The van der Waals surface area contributed by atoms with Crippen LogP contribution >= 0.6 is 0 Å². The van der Waals surface area contributed by atoms with Crippen molar-refractivity contribution in [1.29, 1.82) is 0 Å². The average molecular weight is 540 g/mol. The number of para-hydroxylation sites is 2. The van der Waals surface area contributed by atoms with E-state index in [9.17, 15) is 0 Å². The summed E-state index contributed by atoms with van der Waals surface area (Å²) in [7, 11) is 2.12. The van der Waals surface area contributed by atoms with E-state index in [0.717, 1.165) is 38.8 Å². The van der Waals surface area contributed by atoms with Gasteiger partial charge in [0.05, 0.1) is 18.6 Å². The number of hydrogen-bond acceptors (Lipinski definition) is 1. The Labute approximate surface area is 242 Å². The third-order valence-corrected chi connectivity index (χ3v) is 8.92. The van der Waals surface area contributed by atoms with Crippen LogP contribution in [0.5, 0.6) is 0 Å². The summed E-state index contributed by atoms with van der Waals surface area (Å²) in [4.78, 5) is 0. The minimum Gasteiger partial charge on any atom is -0.451 e. The molecule has 0 N–H and O–H groups in total. The number of pyridine rings is 1. The smallest absolute Gasteiger partial charge is 0.295 e. The van der Waals surface area contributed by atoms with Gasteiger partial charge in [0, 0.05) is 27.3 Å². The molecule has 0 radical (unpaired) electrons. The van der Waals surface area contributed by atoms with Crippen LogP contribution in [-0.2, 0) is 7.05 Å². The fourth-order valence-corrected chi connectivity index (χ4v) is 7.04. The van der Waals surface area contributed by atoms with E-state index in [0.29, 0.717) is 0 Å². The van der Waals surface area contributed by atoms with Gasteiger partial charge in [-0.2, -0.15) is 4.57 Å². The first kappa shape index (κ1) is 23.3. The zero-order chi connectivity index (χ0) is 27.9. The highest BCUT2D eigenvalue weighted by Crippen LogP contribution is 2.43. The summed E-state index contributed by atoms with van der Waals surface area (Å²) in [5.41, 5.74) is 8.72. The molecule has 9 rings (SSSR count). The molecule has 3 aromatic heterocycles. The summed E-state index contributed by atoms with van der Waals surface area (Å²) in [6, 6.07) is 43.7. The van der Waals surface area contributed by atoms with Crippen molar-refractivity contribution in [2.45, 2.75) is 6.92 Å². The maximum Gasteiger partial charge on any atom is 0.295 e. The minimum atomic E-state index is 0.911. The van der Waals surface area contributed by atoms with E-state index in [1.54, 1.807) is 0 Å². The summed E-state index contributed by atoms with van der Waals surface area (Å²) < 4.78 is 11.6. The van der Waals surface area contributed by atoms with Crippen LogP contribution in [0.3, 0.4) is 0 Å². The van der Waals surface area contributed by atoms with Crippen molar-refractivity contribution < 1.29 is 8.98 Å². The van der Waals surface area contributed by atoms with Gasteiger partial charge in [-0.15, -0.1) is 0 Å². The number of benzene rings is 6. The molecule has 0 saturated heterocycles. The fraction of sp³-hybridized carbons (Fsp3) is 0.0513. The maximum absolute atomic E-state index is 7.04. The van der Waals surface area contributed by atoms with Crippen molar-refractivity contribution in [3.05, 3.63) is 133 Å². The predicted octanol–water partition coefficient (Wildman–Crippen LogP) is 9.79. The fourth-order valence-electron chi connectivity index (χ4n) is 7.04. The number of rotatable bonds is 2. The van der Waals surface area contributed by atoms with Gasteiger partial charge in [0.25, 0.3) is 5.65 Å². The molecular formula is C39H27N2O+. The van der Waals surface area contributed by atoms with E-state index in [1.165, 1.54) is 49.0 Å². The van der Waals surface area contributed by atoms with Crippen LogP contribution in [-0.4, -0.2) is 4.57 Å². The molecule has 3 heteroatoms. The maximum atomic E-state index is 7.04. The third kappa shape index (κ3) is 3.08. The summed E-state index contributed by atoms with van der Waals surface area (Å²) >= 11 is 0. The second-order valence-electron chi connectivity index (χ2n) is 11.3. The lowest BCUT2D eigenvalue weighted by molar-refractivity contribution is -0.647. The molecule has 3 nitrogen and oxygen atoms in total. The topological polar surface area (TPSA) is 21.9 Å². The van der Waals surface area contributed by atoms with E-state index in [-0.39, 0.29) is 0 Å². The molecule has 9 aromatic rings. The first-order chi connectivity index (χ1) is 20.7. The molecule has 198 valence electrons. The lowest BCUT2D eigenvalue weighted by atomic mass is 9.92. The standard InChI is InChI=1S/C39H27N2O/c1-24-20-21-32-30-16-9-17-31(34-23-25-11-3-4-12-26(25)27-13-5-6-14-28(27)34)37(30)42-38(32)36(24)41-35-19-8-7-15-29(35)33-18-10-22-40(2)39(33)41/h3-23H,1-2H3/q+1. The number of fused-ring (bicyclic) bond motifs is 9. The highest BCUT2D eigenvalue weighted by molar-refractivity contribution is 6.19. The Hall–Kier alpha value is -5.41. The van der Waals surface area contributed by atoms with E-state index >= 15 is 0 Å². The third-order valence-electron chi connectivity index (χ3n) is 8.92. The average Bonchev–Trinajstić information content (AvgIpc) is 3.57. The Bertz CT molecular complexity index is 2550. The first-order valence-corrected chi connectivity index (χ1v) is 14.4. The highest BCUT2D eigenvalue weighted by Gasteiger charge is 2.27. The van der Waals surface area contributed by atoms with Crippen LogP contribution in [0.1, 0.15) is 5.56 Å². The molecule has 0 atom stereocenters. The van der Waals surface area contributed by atoms with Crippen LogP contribution < -0.4 is 4.57 Å². The van der Waals surface area contributed by atoms with Crippen molar-refractivity contribution >= 4 is 65.4 Å².